The fourth-order valence-corrected chi connectivity index (χ4v) is 2.03. The Morgan fingerprint density at radius 2 is 1.75 bits per heavy atom. The number of hydrogen-bond donors (Lipinski definition) is 2. The standard InChI is InChI=1S/C11H19ClN2O2/c12-6-10(15)14-8-11(16)13-7-9-4-2-1-3-5-9/h9H,1-8H2,(H,13,16)(H,14,15). The number of hydrogen-bond acceptors (Lipinski definition) is 2. The van der Waals surface area contributed by atoms with Gasteiger partial charge in [0.2, 0.25) is 11.8 Å². The van der Waals surface area contributed by atoms with E-state index >= 15 is 0 Å². The highest BCUT2D eigenvalue weighted by atomic mass is 35.5. The highest BCUT2D eigenvalue weighted by Crippen LogP contribution is 2.22. The number of rotatable bonds is 5. The lowest BCUT2D eigenvalue weighted by Gasteiger charge is -2.21. The molecule has 0 atom stereocenters. The minimum atomic E-state index is -0.311. The van der Waals surface area contributed by atoms with E-state index in [1.165, 1.54) is 32.1 Å². The van der Waals surface area contributed by atoms with Crippen LogP contribution in [0.1, 0.15) is 32.1 Å². The first-order chi connectivity index (χ1) is 7.72. The van der Waals surface area contributed by atoms with E-state index in [0.29, 0.717) is 5.92 Å². The molecular weight excluding hydrogens is 228 g/mol. The van der Waals surface area contributed by atoms with Gasteiger partial charge in [-0.05, 0) is 18.8 Å². The summed E-state index contributed by atoms with van der Waals surface area (Å²) in [5, 5.41) is 5.27. The fraction of sp³-hybridized carbons (Fsp3) is 0.818. The average Bonchev–Trinajstić information content (AvgIpc) is 2.34. The highest BCUT2D eigenvalue weighted by Gasteiger charge is 2.14. The number of carbonyl (C=O) groups excluding carboxylic acids is 2. The Morgan fingerprint density at radius 1 is 1.06 bits per heavy atom. The van der Waals surface area contributed by atoms with E-state index in [2.05, 4.69) is 10.6 Å². The van der Waals surface area contributed by atoms with E-state index < -0.39 is 0 Å². The lowest BCUT2D eigenvalue weighted by molar-refractivity contribution is -0.125. The molecule has 1 rings (SSSR count). The number of carbonyl (C=O) groups is 2. The molecule has 0 aromatic carbocycles. The molecular formula is C11H19ClN2O2. The Labute approximate surface area is 101 Å². The van der Waals surface area contributed by atoms with E-state index in [9.17, 15) is 9.59 Å². The summed E-state index contributed by atoms with van der Waals surface area (Å²) in [5.74, 6) is 0.0653. The van der Waals surface area contributed by atoms with Gasteiger partial charge in [-0.2, -0.15) is 0 Å². The first-order valence-corrected chi connectivity index (χ1v) is 6.35. The summed E-state index contributed by atoms with van der Waals surface area (Å²) in [6.45, 7) is 0.758. The van der Waals surface area contributed by atoms with Gasteiger partial charge in [-0.15, -0.1) is 11.6 Å². The van der Waals surface area contributed by atoms with Crippen LogP contribution in [0.4, 0.5) is 0 Å². The Balaban J connectivity index is 2.07. The zero-order chi connectivity index (χ0) is 11.8. The average molecular weight is 247 g/mol. The first-order valence-electron chi connectivity index (χ1n) is 5.81. The summed E-state index contributed by atoms with van der Waals surface area (Å²) in [4.78, 5) is 22.1. The Bertz CT molecular complexity index is 240. The predicted molar refractivity (Wildman–Crippen MR) is 63.3 cm³/mol. The summed E-state index contributed by atoms with van der Waals surface area (Å²) in [6.07, 6.45) is 6.26. The summed E-state index contributed by atoms with van der Waals surface area (Å²) in [7, 11) is 0. The molecule has 0 bridgehead atoms. The van der Waals surface area contributed by atoms with Crippen LogP contribution < -0.4 is 10.6 Å². The van der Waals surface area contributed by atoms with E-state index in [1.807, 2.05) is 0 Å². The van der Waals surface area contributed by atoms with Crippen molar-refractivity contribution in [3.8, 4) is 0 Å². The van der Waals surface area contributed by atoms with Crippen molar-refractivity contribution in [1.82, 2.24) is 10.6 Å². The van der Waals surface area contributed by atoms with E-state index in [-0.39, 0.29) is 24.2 Å². The third-order valence-corrected chi connectivity index (χ3v) is 3.12. The van der Waals surface area contributed by atoms with Crippen LogP contribution in [-0.2, 0) is 9.59 Å². The van der Waals surface area contributed by atoms with Gasteiger partial charge >= 0.3 is 0 Å². The zero-order valence-corrected chi connectivity index (χ0v) is 10.2. The normalized spacial score (nSPS) is 16.8. The van der Waals surface area contributed by atoms with Crippen LogP contribution in [0.25, 0.3) is 0 Å². The lowest BCUT2D eigenvalue weighted by atomic mass is 9.89. The molecule has 1 aliphatic carbocycles. The van der Waals surface area contributed by atoms with Crippen molar-refractivity contribution in [2.75, 3.05) is 19.0 Å². The van der Waals surface area contributed by atoms with E-state index in [4.69, 9.17) is 11.6 Å². The zero-order valence-electron chi connectivity index (χ0n) is 9.43. The molecule has 0 aliphatic heterocycles. The minimum absolute atomic E-state index is 0.0261. The van der Waals surface area contributed by atoms with Crippen molar-refractivity contribution in [3.05, 3.63) is 0 Å². The molecule has 2 amide bonds. The number of alkyl halides is 1. The van der Waals surface area contributed by atoms with Gasteiger partial charge in [0.15, 0.2) is 0 Å². The van der Waals surface area contributed by atoms with Crippen LogP contribution in [0.15, 0.2) is 0 Å². The van der Waals surface area contributed by atoms with Gasteiger partial charge in [0, 0.05) is 6.54 Å². The predicted octanol–water partition coefficient (Wildman–Crippen LogP) is 1.04. The van der Waals surface area contributed by atoms with Crippen molar-refractivity contribution in [3.63, 3.8) is 0 Å². The van der Waals surface area contributed by atoms with Crippen molar-refractivity contribution < 1.29 is 9.59 Å². The molecule has 2 N–H and O–H groups in total. The topological polar surface area (TPSA) is 58.2 Å². The maximum atomic E-state index is 11.3. The molecule has 92 valence electrons. The van der Waals surface area contributed by atoms with Gasteiger partial charge < -0.3 is 10.6 Å². The minimum Gasteiger partial charge on any atom is -0.354 e. The third kappa shape index (κ3) is 5.35. The molecule has 0 unspecified atom stereocenters. The van der Waals surface area contributed by atoms with Crippen molar-refractivity contribution in [1.29, 1.82) is 0 Å². The maximum absolute atomic E-state index is 11.3. The van der Waals surface area contributed by atoms with Crippen LogP contribution in [-0.4, -0.2) is 30.8 Å². The SMILES string of the molecule is O=C(CCl)NCC(=O)NCC1CCCCC1. The van der Waals surface area contributed by atoms with E-state index in [1.54, 1.807) is 0 Å². The molecule has 0 aromatic rings. The summed E-state index contributed by atoms with van der Waals surface area (Å²) in [5.41, 5.74) is 0. The summed E-state index contributed by atoms with van der Waals surface area (Å²) >= 11 is 5.29. The van der Waals surface area contributed by atoms with Crippen LogP contribution in [0.2, 0.25) is 0 Å². The largest absolute Gasteiger partial charge is 0.354 e. The van der Waals surface area contributed by atoms with Crippen LogP contribution in [0, 0.1) is 5.92 Å². The number of halogens is 1. The van der Waals surface area contributed by atoms with Gasteiger partial charge in [0.25, 0.3) is 0 Å². The molecule has 5 heteroatoms. The van der Waals surface area contributed by atoms with Crippen LogP contribution >= 0.6 is 11.6 Å². The third-order valence-electron chi connectivity index (χ3n) is 2.88. The smallest absolute Gasteiger partial charge is 0.239 e. The van der Waals surface area contributed by atoms with Crippen molar-refractivity contribution in [2.45, 2.75) is 32.1 Å². The van der Waals surface area contributed by atoms with Crippen molar-refractivity contribution >= 4 is 23.4 Å². The molecule has 0 spiro atoms. The summed E-state index contributed by atoms with van der Waals surface area (Å²) < 4.78 is 0. The quantitative estimate of drug-likeness (QED) is 0.712. The monoisotopic (exact) mass is 246 g/mol. The van der Waals surface area contributed by atoms with Crippen LogP contribution in [0.3, 0.4) is 0 Å². The number of nitrogens with one attached hydrogen (secondary N) is 2. The molecule has 0 radical (unpaired) electrons. The molecule has 0 heterocycles. The van der Waals surface area contributed by atoms with Crippen molar-refractivity contribution in [2.24, 2.45) is 5.92 Å². The number of amides is 2. The molecule has 4 nitrogen and oxygen atoms in total. The lowest BCUT2D eigenvalue weighted by Crippen LogP contribution is -2.39. The molecule has 1 aliphatic rings. The Morgan fingerprint density at radius 3 is 2.38 bits per heavy atom. The molecule has 16 heavy (non-hydrogen) atoms. The van der Waals surface area contributed by atoms with Gasteiger partial charge in [0.1, 0.15) is 5.88 Å². The highest BCUT2D eigenvalue weighted by molar-refractivity contribution is 6.27. The first kappa shape index (κ1) is 13.3. The molecule has 1 fully saturated rings. The maximum Gasteiger partial charge on any atom is 0.239 e. The van der Waals surface area contributed by atoms with Gasteiger partial charge in [-0.25, -0.2) is 0 Å². The molecule has 0 aromatic heterocycles. The second-order valence-electron chi connectivity index (χ2n) is 4.22. The van der Waals surface area contributed by atoms with Gasteiger partial charge in [-0.3, -0.25) is 9.59 Å². The van der Waals surface area contributed by atoms with Crippen LogP contribution in [0.5, 0.6) is 0 Å². The fourth-order valence-electron chi connectivity index (χ4n) is 1.94. The molecule has 0 saturated heterocycles. The van der Waals surface area contributed by atoms with E-state index in [0.717, 1.165) is 6.54 Å². The Hall–Kier alpha value is -0.770. The van der Waals surface area contributed by atoms with Gasteiger partial charge in [0.05, 0.1) is 6.54 Å². The second kappa shape index (κ2) is 7.49. The second-order valence-corrected chi connectivity index (χ2v) is 4.49. The van der Waals surface area contributed by atoms with Gasteiger partial charge in [-0.1, -0.05) is 19.3 Å². The summed E-state index contributed by atoms with van der Waals surface area (Å²) in [6, 6.07) is 0. The molecule has 1 saturated carbocycles. The Kier molecular flexibility index (Phi) is 6.23.